The van der Waals surface area contributed by atoms with Crippen molar-refractivity contribution in [2.45, 2.75) is 32.2 Å². The summed E-state index contributed by atoms with van der Waals surface area (Å²) in [6.45, 7) is 3.03. The van der Waals surface area contributed by atoms with Gasteiger partial charge in [-0.1, -0.05) is 30.3 Å². The van der Waals surface area contributed by atoms with Gasteiger partial charge >= 0.3 is 5.97 Å². The van der Waals surface area contributed by atoms with Gasteiger partial charge in [-0.15, -0.1) is 11.3 Å². The number of alkyl halides is 2. The zero-order chi connectivity index (χ0) is 22.7. The maximum Gasteiger partial charge on any atom is 0.341 e. The molecule has 0 atom stereocenters. The van der Waals surface area contributed by atoms with Crippen molar-refractivity contribution in [2.75, 3.05) is 19.7 Å². The number of ether oxygens (including phenoxy) is 1. The van der Waals surface area contributed by atoms with Gasteiger partial charge in [0.1, 0.15) is 10.8 Å². The lowest BCUT2D eigenvalue weighted by atomic mass is 10.0. The van der Waals surface area contributed by atoms with Crippen molar-refractivity contribution in [3.63, 3.8) is 0 Å². The van der Waals surface area contributed by atoms with Crippen molar-refractivity contribution in [3.05, 3.63) is 70.2 Å². The first-order valence-corrected chi connectivity index (χ1v) is 11.3. The predicted octanol–water partition coefficient (Wildman–Crippen LogP) is 4.99. The SMILES string of the molecule is CC(F)(F)c1ccc(-c2nc(CN3CCc4ccc(OCC(=O)O)cc4CC3)cs2)cc1. The molecule has 0 fully saturated rings. The van der Waals surface area contributed by atoms with E-state index in [1.165, 1.54) is 34.6 Å². The number of thiazole rings is 1. The summed E-state index contributed by atoms with van der Waals surface area (Å²) in [6.07, 6.45) is 1.75. The minimum atomic E-state index is -2.85. The molecule has 1 aromatic heterocycles. The van der Waals surface area contributed by atoms with Crippen LogP contribution in [0.2, 0.25) is 0 Å². The van der Waals surface area contributed by atoms with Gasteiger partial charge in [-0.2, -0.15) is 0 Å². The van der Waals surface area contributed by atoms with Crippen LogP contribution < -0.4 is 4.74 Å². The molecule has 32 heavy (non-hydrogen) atoms. The van der Waals surface area contributed by atoms with Crippen LogP contribution in [0.15, 0.2) is 47.8 Å². The number of benzene rings is 2. The van der Waals surface area contributed by atoms with E-state index < -0.39 is 11.9 Å². The summed E-state index contributed by atoms with van der Waals surface area (Å²) in [5.41, 5.74) is 4.24. The summed E-state index contributed by atoms with van der Waals surface area (Å²) in [4.78, 5) is 17.8. The number of carboxylic acids is 1. The van der Waals surface area contributed by atoms with Gasteiger partial charge in [0, 0.05) is 43.1 Å². The summed E-state index contributed by atoms with van der Waals surface area (Å²) < 4.78 is 32.2. The molecule has 0 unspecified atom stereocenters. The molecular formula is C24H24F2N2O3S. The molecule has 2 aromatic carbocycles. The van der Waals surface area contributed by atoms with Gasteiger partial charge < -0.3 is 9.84 Å². The Balaban J connectivity index is 1.38. The van der Waals surface area contributed by atoms with Crippen molar-refractivity contribution in [1.82, 2.24) is 9.88 Å². The lowest BCUT2D eigenvalue weighted by Crippen LogP contribution is -2.26. The highest BCUT2D eigenvalue weighted by molar-refractivity contribution is 7.13. The summed E-state index contributed by atoms with van der Waals surface area (Å²) in [7, 11) is 0. The normalized spacial score (nSPS) is 14.6. The van der Waals surface area contributed by atoms with E-state index in [0.29, 0.717) is 5.75 Å². The van der Waals surface area contributed by atoms with Crippen LogP contribution in [-0.2, 0) is 30.1 Å². The topological polar surface area (TPSA) is 62.7 Å². The highest BCUT2D eigenvalue weighted by Crippen LogP contribution is 2.30. The number of hydrogen-bond donors (Lipinski definition) is 1. The molecule has 0 aliphatic carbocycles. The maximum absolute atomic E-state index is 13.4. The van der Waals surface area contributed by atoms with E-state index in [1.807, 2.05) is 23.6 Å². The van der Waals surface area contributed by atoms with Crippen molar-refractivity contribution in [2.24, 2.45) is 0 Å². The molecule has 1 aliphatic rings. The third kappa shape index (κ3) is 5.49. The molecule has 4 rings (SSSR count). The van der Waals surface area contributed by atoms with Crippen molar-refractivity contribution < 1.29 is 23.4 Å². The molecular weight excluding hydrogens is 434 g/mol. The first-order chi connectivity index (χ1) is 15.3. The Hall–Kier alpha value is -2.84. The van der Waals surface area contributed by atoms with Gasteiger partial charge in [-0.3, -0.25) is 4.90 Å². The highest BCUT2D eigenvalue weighted by atomic mass is 32.1. The third-order valence-electron chi connectivity index (χ3n) is 5.51. The second-order valence-corrected chi connectivity index (χ2v) is 8.86. The van der Waals surface area contributed by atoms with E-state index in [4.69, 9.17) is 14.8 Å². The van der Waals surface area contributed by atoms with E-state index >= 15 is 0 Å². The molecule has 5 nitrogen and oxygen atoms in total. The molecule has 0 bridgehead atoms. The van der Waals surface area contributed by atoms with Crippen LogP contribution >= 0.6 is 11.3 Å². The van der Waals surface area contributed by atoms with Crippen LogP contribution in [0.1, 0.15) is 29.3 Å². The van der Waals surface area contributed by atoms with Gasteiger partial charge in [-0.25, -0.2) is 18.6 Å². The zero-order valence-corrected chi connectivity index (χ0v) is 18.5. The number of aliphatic carboxylic acids is 1. The van der Waals surface area contributed by atoms with Crippen molar-refractivity contribution in [3.8, 4) is 16.3 Å². The lowest BCUT2D eigenvalue weighted by Gasteiger charge is -2.18. The number of carbonyl (C=O) groups is 1. The number of halogens is 2. The Morgan fingerprint density at radius 2 is 1.88 bits per heavy atom. The molecule has 3 aromatic rings. The van der Waals surface area contributed by atoms with E-state index in [9.17, 15) is 13.6 Å². The first-order valence-electron chi connectivity index (χ1n) is 10.4. The molecule has 0 amide bonds. The molecule has 8 heteroatoms. The highest BCUT2D eigenvalue weighted by Gasteiger charge is 2.24. The van der Waals surface area contributed by atoms with Crippen LogP contribution in [0.5, 0.6) is 5.75 Å². The average Bonchev–Trinajstić information content (AvgIpc) is 3.13. The van der Waals surface area contributed by atoms with Crippen LogP contribution in [-0.4, -0.2) is 40.7 Å². The Bertz CT molecular complexity index is 1090. The number of fused-ring (bicyclic) bond motifs is 1. The maximum atomic E-state index is 13.4. The second-order valence-electron chi connectivity index (χ2n) is 8.00. The number of nitrogens with zero attached hydrogens (tertiary/aromatic N) is 2. The fourth-order valence-electron chi connectivity index (χ4n) is 3.79. The van der Waals surface area contributed by atoms with E-state index in [1.54, 1.807) is 12.1 Å². The number of carboxylic acid groups (broad SMARTS) is 1. The van der Waals surface area contributed by atoms with Gasteiger partial charge in [0.25, 0.3) is 5.92 Å². The van der Waals surface area contributed by atoms with Crippen LogP contribution in [0.3, 0.4) is 0 Å². The third-order valence-corrected chi connectivity index (χ3v) is 6.45. The standard InChI is InChI=1S/C24H24F2N2O3S/c1-24(25,26)19-5-2-17(3-6-19)23-27-20(15-32-23)13-28-10-8-16-4-7-21(31-14-22(29)30)12-18(16)9-11-28/h2-7,12,15H,8-11,13-14H2,1H3,(H,29,30). The summed E-state index contributed by atoms with van der Waals surface area (Å²) >= 11 is 1.52. The second kappa shape index (κ2) is 9.34. The summed E-state index contributed by atoms with van der Waals surface area (Å²) in [5.74, 6) is -3.26. The Labute approximate surface area is 189 Å². The quantitative estimate of drug-likeness (QED) is 0.541. The predicted molar refractivity (Wildman–Crippen MR) is 119 cm³/mol. The average molecular weight is 459 g/mol. The number of hydrogen-bond acceptors (Lipinski definition) is 5. The Kier molecular flexibility index (Phi) is 6.53. The summed E-state index contributed by atoms with van der Waals surface area (Å²) in [6, 6.07) is 12.1. The van der Waals surface area contributed by atoms with E-state index in [-0.39, 0.29) is 12.2 Å². The molecule has 1 aliphatic heterocycles. The van der Waals surface area contributed by atoms with Crippen LogP contribution in [0, 0.1) is 0 Å². The fraction of sp³-hybridized carbons (Fsp3) is 0.333. The monoisotopic (exact) mass is 458 g/mol. The molecule has 0 saturated heterocycles. The van der Waals surface area contributed by atoms with E-state index in [0.717, 1.165) is 55.7 Å². The molecule has 0 spiro atoms. The lowest BCUT2D eigenvalue weighted by molar-refractivity contribution is -0.139. The van der Waals surface area contributed by atoms with Crippen LogP contribution in [0.4, 0.5) is 8.78 Å². The smallest absolute Gasteiger partial charge is 0.341 e. The van der Waals surface area contributed by atoms with Gasteiger partial charge in [0.15, 0.2) is 6.61 Å². The van der Waals surface area contributed by atoms with Crippen LogP contribution in [0.25, 0.3) is 10.6 Å². The minimum absolute atomic E-state index is 0.00122. The van der Waals surface area contributed by atoms with Gasteiger partial charge in [0.05, 0.1) is 5.69 Å². The van der Waals surface area contributed by atoms with Gasteiger partial charge in [-0.05, 0) is 36.1 Å². The van der Waals surface area contributed by atoms with Gasteiger partial charge in [0.2, 0.25) is 0 Å². The molecule has 1 N–H and O–H groups in total. The van der Waals surface area contributed by atoms with Crippen molar-refractivity contribution >= 4 is 17.3 Å². The molecule has 168 valence electrons. The van der Waals surface area contributed by atoms with Crippen molar-refractivity contribution in [1.29, 1.82) is 0 Å². The summed E-state index contributed by atoms with van der Waals surface area (Å²) in [5, 5.41) is 11.6. The Morgan fingerprint density at radius 1 is 1.16 bits per heavy atom. The largest absolute Gasteiger partial charge is 0.482 e. The molecule has 0 saturated carbocycles. The van der Waals surface area contributed by atoms with E-state index in [2.05, 4.69) is 4.90 Å². The molecule has 2 heterocycles. The number of aromatic nitrogens is 1. The fourth-order valence-corrected chi connectivity index (χ4v) is 4.60. The molecule has 0 radical (unpaired) electrons. The number of rotatable bonds is 7. The Morgan fingerprint density at radius 3 is 2.56 bits per heavy atom. The zero-order valence-electron chi connectivity index (χ0n) is 17.7. The minimum Gasteiger partial charge on any atom is -0.482 e. The first kappa shape index (κ1) is 22.4.